The van der Waals surface area contributed by atoms with Crippen molar-refractivity contribution in [2.24, 2.45) is 0 Å². The Labute approximate surface area is 150 Å². The van der Waals surface area contributed by atoms with Crippen molar-refractivity contribution >= 4 is 40.5 Å². The van der Waals surface area contributed by atoms with E-state index in [2.05, 4.69) is 25.6 Å². The van der Waals surface area contributed by atoms with Crippen molar-refractivity contribution < 1.29 is 0 Å². The van der Waals surface area contributed by atoms with E-state index in [9.17, 15) is 0 Å². The van der Waals surface area contributed by atoms with Crippen LogP contribution in [-0.4, -0.2) is 15.0 Å². The monoisotopic (exact) mass is 359 g/mol. The van der Waals surface area contributed by atoms with Gasteiger partial charge in [-0.15, -0.1) is 0 Å². The molecular formula is C17H15Cl2N5. The van der Waals surface area contributed by atoms with Crippen molar-refractivity contribution in [1.82, 2.24) is 15.0 Å². The fraction of sp³-hybridized carbons (Fsp3) is 0.118. The molecular weight excluding hydrogens is 345 g/mol. The largest absolute Gasteiger partial charge is 0.366 e. The Morgan fingerprint density at radius 1 is 0.958 bits per heavy atom. The molecule has 0 fully saturated rings. The van der Waals surface area contributed by atoms with E-state index in [-0.39, 0.29) is 0 Å². The highest BCUT2D eigenvalue weighted by Crippen LogP contribution is 2.32. The highest BCUT2D eigenvalue weighted by atomic mass is 35.5. The van der Waals surface area contributed by atoms with E-state index in [0.29, 0.717) is 39.7 Å². The number of nitrogens with zero attached hydrogens (tertiary/aromatic N) is 3. The van der Waals surface area contributed by atoms with E-state index in [1.54, 1.807) is 30.6 Å². The van der Waals surface area contributed by atoms with E-state index in [0.717, 1.165) is 5.56 Å². The molecule has 0 atom stereocenters. The molecule has 3 aromatic rings. The molecule has 24 heavy (non-hydrogen) atoms. The van der Waals surface area contributed by atoms with Gasteiger partial charge in [-0.1, -0.05) is 29.3 Å². The maximum absolute atomic E-state index is 6.19. The molecule has 0 spiro atoms. The summed E-state index contributed by atoms with van der Waals surface area (Å²) in [5.74, 6) is 1.97. The molecule has 3 rings (SSSR count). The summed E-state index contributed by atoms with van der Waals surface area (Å²) in [7, 11) is 0. The summed E-state index contributed by atoms with van der Waals surface area (Å²) in [6.07, 6.45) is 3.52. The number of hydrogen-bond acceptors (Lipinski definition) is 5. The minimum Gasteiger partial charge on any atom is -0.366 e. The van der Waals surface area contributed by atoms with Gasteiger partial charge >= 0.3 is 0 Å². The summed E-state index contributed by atoms with van der Waals surface area (Å²) in [5, 5.41) is 7.49. The van der Waals surface area contributed by atoms with Crippen LogP contribution < -0.4 is 10.6 Å². The van der Waals surface area contributed by atoms with Gasteiger partial charge in [0.15, 0.2) is 0 Å². The van der Waals surface area contributed by atoms with Gasteiger partial charge in [0.2, 0.25) is 0 Å². The van der Waals surface area contributed by atoms with Gasteiger partial charge in [-0.05, 0) is 36.8 Å². The second kappa shape index (κ2) is 7.47. The maximum Gasteiger partial charge on any atom is 0.136 e. The SMILES string of the molecule is Cc1nc(NCc2ccncc2)cc(Nc2c(Cl)cccc2Cl)n1. The standard InChI is InChI=1S/C17H15Cl2N5/c1-11-22-15(21-10-12-5-7-20-8-6-12)9-16(23-11)24-17-13(18)3-2-4-14(17)19/h2-9H,10H2,1H3,(H2,21,22,23,24). The quantitative estimate of drug-likeness (QED) is 0.682. The molecule has 0 unspecified atom stereocenters. The van der Waals surface area contributed by atoms with E-state index >= 15 is 0 Å². The van der Waals surface area contributed by atoms with Crippen LogP contribution in [0.3, 0.4) is 0 Å². The molecule has 1 aromatic carbocycles. The predicted octanol–water partition coefficient (Wildman–Crippen LogP) is 4.84. The van der Waals surface area contributed by atoms with Crippen LogP contribution >= 0.6 is 23.2 Å². The third kappa shape index (κ3) is 4.13. The minimum absolute atomic E-state index is 0.532. The molecule has 7 heteroatoms. The molecule has 0 amide bonds. The Hall–Kier alpha value is -2.37. The molecule has 0 saturated heterocycles. The fourth-order valence-corrected chi connectivity index (χ4v) is 2.65. The predicted molar refractivity (Wildman–Crippen MR) is 98.1 cm³/mol. The number of benzene rings is 1. The Balaban J connectivity index is 1.79. The summed E-state index contributed by atoms with van der Waals surface area (Å²) in [6.45, 7) is 2.47. The summed E-state index contributed by atoms with van der Waals surface area (Å²) in [5.41, 5.74) is 1.74. The van der Waals surface area contributed by atoms with Crippen molar-refractivity contribution in [2.75, 3.05) is 10.6 Å². The van der Waals surface area contributed by atoms with Crippen LogP contribution in [0.1, 0.15) is 11.4 Å². The Morgan fingerprint density at radius 2 is 1.62 bits per heavy atom. The molecule has 2 heterocycles. The molecule has 0 aliphatic rings. The summed E-state index contributed by atoms with van der Waals surface area (Å²) >= 11 is 12.4. The number of aromatic nitrogens is 3. The Kier molecular flexibility index (Phi) is 5.13. The minimum atomic E-state index is 0.532. The Morgan fingerprint density at radius 3 is 2.33 bits per heavy atom. The van der Waals surface area contributed by atoms with Gasteiger partial charge in [-0.2, -0.15) is 0 Å². The van der Waals surface area contributed by atoms with E-state index in [1.165, 1.54) is 0 Å². The lowest BCUT2D eigenvalue weighted by Gasteiger charge is -2.12. The third-order valence-corrected chi connectivity index (χ3v) is 3.91. The zero-order valence-corrected chi connectivity index (χ0v) is 14.4. The lowest BCUT2D eigenvalue weighted by molar-refractivity contribution is 1.02. The molecule has 0 saturated carbocycles. The molecule has 5 nitrogen and oxygen atoms in total. The van der Waals surface area contributed by atoms with E-state index in [1.807, 2.05) is 25.1 Å². The number of aryl methyl sites for hydroxylation is 1. The molecule has 122 valence electrons. The number of halogens is 2. The average molecular weight is 360 g/mol. The van der Waals surface area contributed by atoms with Gasteiger partial charge in [0.25, 0.3) is 0 Å². The van der Waals surface area contributed by atoms with Crippen molar-refractivity contribution in [3.05, 3.63) is 70.2 Å². The molecule has 0 bridgehead atoms. The first kappa shape index (κ1) is 16.5. The van der Waals surface area contributed by atoms with Gasteiger partial charge in [-0.25, -0.2) is 9.97 Å². The van der Waals surface area contributed by atoms with Gasteiger partial charge in [-0.3, -0.25) is 4.98 Å². The smallest absolute Gasteiger partial charge is 0.136 e. The van der Waals surface area contributed by atoms with Crippen molar-refractivity contribution in [1.29, 1.82) is 0 Å². The number of hydrogen-bond donors (Lipinski definition) is 2. The van der Waals surface area contributed by atoms with Crippen LogP contribution in [0.15, 0.2) is 48.8 Å². The second-order valence-corrected chi connectivity index (χ2v) is 5.93. The normalized spacial score (nSPS) is 10.5. The van der Waals surface area contributed by atoms with E-state index < -0.39 is 0 Å². The van der Waals surface area contributed by atoms with Crippen molar-refractivity contribution in [3.63, 3.8) is 0 Å². The summed E-state index contributed by atoms with van der Waals surface area (Å²) in [4.78, 5) is 12.8. The van der Waals surface area contributed by atoms with Crippen LogP contribution in [0.25, 0.3) is 0 Å². The first-order valence-corrected chi connectivity index (χ1v) is 8.07. The van der Waals surface area contributed by atoms with Crippen molar-refractivity contribution in [2.45, 2.75) is 13.5 Å². The zero-order chi connectivity index (χ0) is 16.9. The maximum atomic E-state index is 6.19. The number of rotatable bonds is 5. The molecule has 2 aromatic heterocycles. The number of anilines is 3. The second-order valence-electron chi connectivity index (χ2n) is 5.12. The van der Waals surface area contributed by atoms with Gasteiger partial charge in [0.1, 0.15) is 17.5 Å². The Bertz CT molecular complexity index is 819. The first-order chi connectivity index (χ1) is 11.6. The van der Waals surface area contributed by atoms with Gasteiger partial charge in [0, 0.05) is 25.0 Å². The van der Waals surface area contributed by atoms with Crippen LogP contribution in [0.4, 0.5) is 17.3 Å². The number of nitrogens with one attached hydrogen (secondary N) is 2. The van der Waals surface area contributed by atoms with Gasteiger partial charge in [0.05, 0.1) is 15.7 Å². The highest BCUT2D eigenvalue weighted by molar-refractivity contribution is 6.39. The van der Waals surface area contributed by atoms with E-state index in [4.69, 9.17) is 23.2 Å². The van der Waals surface area contributed by atoms with Crippen LogP contribution in [0, 0.1) is 6.92 Å². The molecule has 0 radical (unpaired) electrons. The average Bonchev–Trinajstić information content (AvgIpc) is 2.57. The highest BCUT2D eigenvalue weighted by Gasteiger charge is 2.08. The van der Waals surface area contributed by atoms with Crippen LogP contribution in [-0.2, 0) is 6.54 Å². The summed E-state index contributed by atoms with van der Waals surface area (Å²) < 4.78 is 0. The number of pyridine rings is 1. The first-order valence-electron chi connectivity index (χ1n) is 7.31. The number of para-hydroxylation sites is 1. The zero-order valence-electron chi connectivity index (χ0n) is 12.9. The lowest BCUT2D eigenvalue weighted by atomic mass is 10.3. The molecule has 0 aliphatic carbocycles. The molecule has 2 N–H and O–H groups in total. The fourth-order valence-electron chi connectivity index (χ4n) is 2.16. The van der Waals surface area contributed by atoms with Crippen LogP contribution in [0.5, 0.6) is 0 Å². The lowest BCUT2D eigenvalue weighted by Crippen LogP contribution is -2.05. The van der Waals surface area contributed by atoms with Crippen LogP contribution in [0.2, 0.25) is 10.0 Å². The topological polar surface area (TPSA) is 62.7 Å². The molecule has 0 aliphatic heterocycles. The third-order valence-electron chi connectivity index (χ3n) is 3.28. The van der Waals surface area contributed by atoms with Crippen molar-refractivity contribution in [3.8, 4) is 0 Å². The summed E-state index contributed by atoms with van der Waals surface area (Å²) in [6, 6.07) is 11.0. The van der Waals surface area contributed by atoms with Gasteiger partial charge < -0.3 is 10.6 Å².